The van der Waals surface area contributed by atoms with Crippen LogP contribution in [0, 0.1) is 5.92 Å². The molecule has 1 saturated heterocycles. The molecule has 0 spiro atoms. The van der Waals surface area contributed by atoms with E-state index in [9.17, 15) is 0 Å². The van der Waals surface area contributed by atoms with E-state index in [4.69, 9.17) is 10.5 Å². The minimum atomic E-state index is 0.604. The highest BCUT2D eigenvalue weighted by atomic mass is 16.5. The molecular weight excluding hydrogens is 236 g/mol. The molecule has 3 nitrogen and oxygen atoms in total. The second-order valence-electron chi connectivity index (χ2n) is 5.62. The molecule has 1 atom stereocenters. The van der Waals surface area contributed by atoms with Gasteiger partial charge in [-0.15, -0.1) is 0 Å². The molecule has 0 radical (unpaired) electrons. The first kappa shape index (κ1) is 14.4. The lowest BCUT2D eigenvalue weighted by Gasteiger charge is -2.35. The van der Waals surface area contributed by atoms with E-state index in [2.05, 4.69) is 24.0 Å². The van der Waals surface area contributed by atoms with Crippen LogP contribution in [0.1, 0.15) is 25.3 Å². The number of methoxy groups -OCH3 is 1. The standard InChI is InChI=1S/C16H26N2O/c1-13(18-9-7-15(12-17)8-10-18)11-14-3-5-16(19-2)6-4-14/h3-6,13,15H,7-12,17H2,1-2H3. The first-order valence-electron chi connectivity index (χ1n) is 7.30. The Morgan fingerprint density at radius 1 is 1.26 bits per heavy atom. The van der Waals surface area contributed by atoms with Crippen LogP contribution in [0.5, 0.6) is 5.75 Å². The number of nitrogens with zero attached hydrogens (tertiary/aromatic N) is 1. The van der Waals surface area contributed by atoms with Gasteiger partial charge in [-0.1, -0.05) is 12.1 Å². The summed E-state index contributed by atoms with van der Waals surface area (Å²) in [5.74, 6) is 1.67. The second-order valence-corrected chi connectivity index (χ2v) is 5.62. The van der Waals surface area contributed by atoms with Crippen LogP contribution in [0.4, 0.5) is 0 Å². The summed E-state index contributed by atoms with van der Waals surface area (Å²) in [5, 5.41) is 0. The minimum absolute atomic E-state index is 0.604. The van der Waals surface area contributed by atoms with E-state index in [1.54, 1.807) is 7.11 Å². The summed E-state index contributed by atoms with van der Waals surface area (Å²) in [4.78, 5) is 2.59. The van der Waals surface area contributed by atoms with Gasteiger partial charge in [-0.2, -0.15) is 0 Å². The van der Waals surface area contributed by atoms with Gasteiger partial charge in [0.05, 0.1) is 7.11 Å². The molecule has 1 heterocycles. The fourth-order valence-electron chi connectivity index (χ4n) is 2.86. The highest BCUT2D eigenvalue weighted by Gasteiger charge is 2.21. The first-order valence-corrected chi connectivity index (χ1v) is 7.30. The molecule has 0 bridgehead atoms. The van der Waals surface area contributed by atoms with Gasteiger partial charge in [0.25, 0.3) is 0 Å². The van der Waals surface area contributed by atoms with Crippen LogP contribution in [0.2, 0.25) is 0 Å². The lowest BCUT2D eigenvalue weighted by atomic mass is 9.95. The number of nitrogens with two attached hydrogens (primary N) is 1. The molecule has 0 aliphatic carbocycles. The van der Waals surface area contributed by atoms with Crippen molar-refractivity contribution in [2.75, 3.05) is 26.7 Å². The lowest BCUT2D eigenvalue weighted by Crippen LogP contribution is -2.42. The summed E-state index contributed by atoms with van der Waals surface area (Å²) in [7, 11) is 1.71. The number of rotatable bonds is 5. The molecule has 19 heavy (non-hydrogen) atoms. The summed E-state index contributed by atoms with van der Waals surface area (Å²) >= 11 is 0. The average molecular weight is 262 g/mol. The van der Waals surface area contributed by atoms with Crippen LogP contribution in [0.15, 0.2) is 24.3 Å². The van der Waals surface area contributed by atoms with Crippen molar-refractivity contribution in [1.29, 1.82) is 0 Å². The number of hydrogen-bond donors (Lipinski definition) is 1. The summed E-state index contributed by atoms with van der Waals surface area (Å²) in [5.41, 5.74) is 7.13. The Hall–Kier alpha value is -1.06. The SMILES string of the molecule is COc1ccc(CC(C)N2CCC(CN)CC2)cc1. The van der Waals surface area contributed by atoms with Gasteiger partial charge in [-0.05, 0) is 69.4 Å². The first-order chi connectivity index (χ1) is 9.22. The Labute approximate surface area is 116 Å². The smallest absolute Gasteiger partial charge is 0.118 e. The average Bonchev–Trinajstić information content (AvgIpc) is 2.48. The Kier molecular flexibility index (Phi) is 5.23. The fourth-order valence-corrected chi connectivity index (χ4v) is 2.86. The third kappa shape index (κ3) is 3.95. The van der Waals surface area contributed by atoms with E-state index in [-0.39, 0.29) is 0 Å². The maximum atomic E-state index is 5.75. The van der Waals surface area contributed by atoms with Crippen LogP contribution in [0.25, 0.3) is 0 Å². The summed E-state index contributed by atoms with van der Waals surface area (Å²) in [6, 6.07) is 9.03. The topological polar surface area (TPSA) is 38.5 Å². The van der Waals surface area contributed by atoms with Gasteiger partial charge in [-0.3, -0.25) is 0 Å². The normalized spacial score (nSPS) is 19.3. The van der Waals surface area contributed by atoms with Gasteiger partial charge >= 0.3 is 0 Å². The Morgan fingerprint density at radius 2 is 1.89 bits per heavy atom. The predicted molar refractivity (Wildman–Crippen MR) is 79.5 cm³/mol. The van der Waals surface area contributed by atoms with Gasteiger partial charge in [-0.25, -0.2) is 0 Å². The molecule has 1 aromatic carbocycles. The molecule has 1 fully saturated rings. The van der Waals surface area contributed by atoms with Gasteiger partial charge in [0.1, 0.15) is 5.75 Å². The number of hydrogen-bond acceptors (Lipinski definition) is 3. The molecule has 1 aliphatic rings. The van der Waals surface area contributed by atoms with Crippen LogP contribution in [-0.4, -0.2) is 37.7 Å². The van der Waals surface area contributed by atoms with E-state index in [1.807, 2.05) is 12.1 Å². The molecule has 2 rings (SSSR count). The largest absolute Gasteiger partial charge is 0.497 e. The number of likely N-dealkylation sites (tertiary alicyclic amines) is 1. The zero-order chi connectivity index (χ0) is 13.7. The molecule has 0 amide bonds. The summed E-state index contributed by atoms with van der Waals surface area (Å²) < 4.78 is 5.19. The molecule has 106 valence electrons. The Bertz CT molecular complexity index is 369. The van der Waals surface area contributed by atoms with Gasteiger partial charge < -0.3 is 15.4 Å². The lowest BCUT2D eigenvalue weighted by molar-refractivity contribution is 0.143. The molecular formula is C16H26N2O. The number of ether oxygens (including phenoxy) is 1. The Balaban J connectivity index is 1.84. The molecule has 1 unspecified atom stereocenters. The third-order valence-electron chi connectivity index (χ3n) is 4.30. The Morgan fingerprint density at radius 3 is 2.42 bits per heavy atom. The number of benzene rings is 1. The van der Waals surface area contributed by atoms with E-state index < -0.39 is 0 Å². The van der Waals surface area contributed by atoms with Crippen molar-refractivity contribution in [3.63, 3.8) is 0 Å². The molecule has 1 aliphatic heterocycles. The summed E-state index contributed by atoms with van der Waals surface area (Å²) in [6.07, 6.45) is 3.62. The quantitative estimate of drug-likeness (QED) is 0.885. The van der Waals surface area contributed by atoms with E-state index in [0.717, 1.165) is 24.6 Å². The third-order valence-corrected chi connectivity index (χ3v) is 4.30. The molecule has 2 N–H and O–H groups in total. The van der Waals surface area contributed by atoms with E-state index in [1.165, 1.54) is 31.5 Å². The highest BCUT2D eigenvalue weighted by molar-refractivity contribution is 5.27. The summed E-state index contributed by atoms with van der Waals surface area (Å²) in [6.45, 7) is 5.56. The van der Waals surface area contributed by atoms with Gasteiger partial charge in [0.2, 0.25) is 0 Å². The van der Waals surface area contributed by atoms with Gasteiger partial charge in [0.15, 0.2) is 0 Å². The van der Waals surface area contributed by atoms with Crippen molar-refractivity contribution in [3.05, 3.63) is 29.8 Å². The maximum absolute atomic E-state index is 5.75. The fraction of sp³-hybridized carbons (Fsp3) is 0.625. The van der Waals surface area contributed by atoms with Crippen molar-refractivity contribution in [3.8, 4) is 5.75 Å². The van der Waals surface area contributed by atoms with Crippen LogP contribution in [-0.2, 0) is 6.42 Å². The van der Waals surface area contributed by atoms with Crippen molar-refractivity contribution in [2.24, 2.45) is 11.7 Å². The highest BCUT2D eigenvalue weighted by Crippen LogP contribution is 2.20. The van der Waals surface area contributed by atoms with Crippen molar-refractivity contribution in [1.82, 2.24) is 4.90 Å². The second kappa shape index (κ2) is 6.92. The van der Waals surface area contributed by atoms with Crippen LogP contribution < -0.4 is 10.5 Å². The zero-order valence-electron chi connectivity index (χ0n) is 12.1. The van der Waals surface area contributed by atoms with E-state index in [0.29, 0.717) is 6.04 Å². The maximum Gasteiger partial charge on any atom is 0.118 e. The monoisotopic (exact) mass is 262 g/mol. The minimum Gasteiger partial charge on any atom is -0.497 e. The molecule has 0 aromatic heterocycles. The predicted octanol–water partition coefficient (Wildman–Crippen LogP) is 2.30. The van der Waals surface area contributed by atoms with Crippen molar-refractivity contribution in [2.45, 2.75) is 32.2 Å². The molecule has 1 aromatic rings. The zero-order valence-corrected chi connectivity index (χ0v) is 12.1. The van der Waals surface area contributed by atoms with Crippen LogP contribution >= 0.6 is 0 Å². The van der Waals surface area contributed by atoms with Crippen molar-refractivity contribution >= 4 is 0 Å². The van der Waals surface area contributed by atoms with Crippen molar-refractivity contribution < 1.29 is 4.74 Å². The molecule has 3 heteroatoms. The van der Waals surface area contributed by atoms with Gasteiger partial charge in [0, 0.05) is 6.04 Å². The van der Waals surface area contributed by atoms with E-state index >= 15 is 0 Å². The van der Waals surface area contributed by atoms with Crippen LogP contribution in [0.3, 0.4) is 0 Å². The molecule has 0 saturated carbocycles. The number of piperidine rings is 1.